The molecule has 0 aromatic carbocycles. The number of likely N-dealkylation sites (tertiary alicyclic amines) is 2. The summed E-state index contributed by atoms with van der Waals surface area (Å²) < 4.78 is 25.2. The lowest BCUT2D eigenvalue weighted by atomic mass is 10.0. The highest BCUT2D eigenvalue weighted by atomic mass is 35.5. The predicted octanol–water partition coefficient (Wildman–Crippen LogP) is 1.64. The van der Waals surface area contributed by atoms with Gasteiger partial charge in [0.25, 0.3) is 5.91 Å². The Labute approximate surface area is 183 Å². The molecule has 0 spiro atoms. The van der Waals surface area contributed by atoms with Gasteiger partial charge in [0.1, 0.15) is 17.2 Å². The summed E-state index contributed by atoms with van der Waals surface area (Å²) in [5.41, 5.74) is 1.03. The number of piperidine rings is 1. The smallest absolute Gasteiger partial charge is 0.272 e. The molecule has 1 aromatic heterocycles. The van der Waals surface area contributed by atoms with Gasteiger partial charge in [0, 0.05) is 50.9 Å². The Balaban J connectivity index is 1.30. The van der Waals surface area contributed by atoms with Crippen molar-refractivity contribution in [3.8, 4) is 0 Å². The molecule has 0 radical (unpaired) electrons. The van der Waals surface area contributed by atoms with Crippen LogP contribution >= 0.6 is 11.6 Å². The third kappa shape index (κ3) is 4.22. The first-order valence-electron chi connectivity index (χ1n) is 10.6. The SMILES string of the molecule is Cc1c(Cl)ncnc1C(=O)N1CCC(N2C[C@H]3C[C@@H](N(C)S(C)(=O)=O)C[C@H]3C2)CC1. The molecule has 1 amide bonds. The van der Waals surface area contributed by atoms with Gasteiger partial charge in [-0.25, -0.2) is 22.7 Å². The normalized spacial score (nSPS) is 28.3. The Kier molecular flexibility index (Phi) is 6.09. The average molecular weight is 456 g/mol. The van der Waals surface area contributed by atoms with Crippen molar-refractivity contribution in [2.75, 3.05) is 39.5 Å². The van der Waals surface area contributed by atoms with E-state index in [4.69, 9.17) is 11.6 Å². The Morgan fingerprint density at radius 2 is 1.77 bits per heavy atom. The molecule has 1 saturated carbocycles. The standard InChI is InChI=1S/C20H30ClN5O3S/c1-13-18(22-12-23-19(13)21)20(27)25-6-4-16(5-7-25)26-10-14-8-17(9-15(14)11-26)24(2)30(3,28)29/h12,14-17H,4-11H2,1-3H3/t14-,15+,17-. The molecule has 2 saturated heterocycles. The summed E-state index contributed by atoms with van der Waals surface area (Å²) in [6.07, 6.45) is 6.45. The first kappa shape index (κ1) is 21.9. The maximum absolute atomic E-state index is 12.9. The Hall–Kier alpha value is -1.29. The molecule has 3 heterocycles. The molecule has 30 heavy (non-hydrogen) atoms. The van der Waals surface area contributed by atoms with Crippen molar-refractivity contribution in [3.63, 3.8) is 0 Å². The number of hydrogen-bond donors (Lipinski definition) is 0. The highest BCUT2D eigenvalue weighted by Gasteiger charge is 2.45. The second kappa shape index (κ2) is 8.33. The number of aromatic nitrogens is 2. The van der Waals surface area contributed by atoms with Gasteiger partial charge in [-0.05, 0) is 44.4 Å². The van der Waals surface area contributed by atoms with Gasteiger partial charge in [-0.15, -0.1) is 0 Å². The summed E-state index contributed by atoms with van der Waals surface area (Å²) in [7, 11) is -1.42. The summed E-state index contributed by atoms with van der Waals surface area (Å²) in [4.78, 5) is 25.4. The summed E-state index contributed by atoms with van der Waals surface area (Å²) >= 11 is 6.04. The highest BCUT2D eigenvalue weighted by molar-refractivity contribution is 7.88. The van der Waals surface area contributed by atoms with E-state index in [1.165, 1.54) is 12.6 Å². The zero-order valence-electron chi connectivity index (χ0n) is 17.8. The molecule has 1 aromatic rings. The number of nitrogens with zero attached hydrogens (tertiary/aromatic N) is 5. The number of sulfonamides is 1. The molecule has 8 nitrogen and oxygen atoms in total. The largest absolute Gasteiger partial charge is 0.337 e. The van der Waals surface area contributed by atoms with Gasteiger partial charge >= 0.3 is 0 Å². The maximum atomic E-state index is 12.9. The van der Waals surface area contributed by atoms with E-state index in [2.05, 4.69) is 14.9 Å². The zero-order chi connectivity index (χ0) is 21.6. The molecular formula is C20H30ClN5O3S. The van der Waals surface area contributed by atoms with Crippen LogP contribution in [0.5, 0.6) is 0 Å². The number of halogens is 1. The van der Waals surface area contributed by atoms with Crippen molar-refractivity contribution in [1.82, 2.24) is 24.1 Å². The molecule has 0 bridgehead atoms. The fourth-order valence-corrected chi connectivity index (χ4v) is 6.25. The van der Waals surface area contributed by atoms with Crippen molar-refractivity contribution >= 4 is 27.5 Å². The van der Waals surface area contributed by atoms with Crippen molar-refractivity contribution in [1.29, 1.82) is 0 Å². The van der Waals surface area contributed by atoms with Crippen LogP contribution in [-0.2, 0) is 10.0 Å². The lowest BCUT2D eigenvalue weighted by molar-refractivity contribution is 0.0628. The van der Waals surface area contributed by atoms with Gasteiger partial charge in [0.2, 0.25) is 10.0 Å². The predicted molar refractivity (Wildman–Crippen MR) is 115 cm³/mol. The fourth-order valence-electron chi connectivity index (χ4n) is 5.40. The molecule has 0 N–H and O–H groups in total. The topological polar surface area (TPSA) is 86.7 Å². The molecular weight excluding hydrogens is 426 g/mol. The summed E-state index contributed by atoms with van der Waals surface area (Å²) in [5, 5.41) is 0.326. The zero-order valence-corrected chi connectivity index (χ0v) is 19.4. The molecule has 0 unspecified atom stereocenters. The van der Waals surface area contributed by atoms with E-state index in [1.54, 1.807) is 18.3 Å². The van der Waals surface area contributed by atoms with Crippen molar-refractivity contribution in [3.05, 3.63) is 22.7 Å². The number of rotatable bonds is 4. The number of fused-ring (bicyclic) bond motifs is 1. The molecule has 4 rings (SSSR count). The van der Waals surface area contributed by atoms with E-state index in [9.17, 15) is 13.2 Å². The lowest BCUT2D eigenvalue weighted by Gasteiger charge is -2.37. The van der Waals surface area contributed by atoms with Crippen LogP contribution in [0.2, 0.25) is 5.15 Å². The molecule has 166 valence electrons. The third-order valence-corrected chi connectivity index (χ3v) is 9.01. The lowest BCUT2D eigenvalue weighted by Crippen LogP contribution is -2.47. The van der Waals surface area contributed by atoms with E-state index in [0.717, 1.165) is 51.9 Å². The van der Waals surface area contributed by atoms with Gasteiger partial charge in [0.15, 0.2) is 0 Å². The minimum atomic E-state index is -3.13. The summed E-state index contributed by atoms with van der Waals surface area (Å²) in [6.45, 7) is 5.29. The average Bonchev–Trinajstić information content (AvgIpc) is 3.27. The first-order valence-corrected chi connectivity index (χ1v) is 12.8. The Bertz CT molecular complexity index is 905. The maximum Gasteiger partial charge on any atom is 0.272 e. The number of carbonyl (C=O) groups is 1. The van der Waals surface area contributed by atoms with Crippen LogP contribution < -0.4 is 0 Å². The fraction of sp³-hybridized carbons (Fsp3) is 0.750. The summed E-state index contributed by atoms with van der Waals surface area (Å²) in [5.74, 6) is 1.08. The molecule has 10 heteroatoms. The van der Waals surface area contributed by atoms with Crippen LogP contribution in [0.25, 0.3) is 0 Å². The van der Waals surface area contributed by atoms with Crippen LogP contribution in [-0.4, -0.2) is 90.0 Å². The van der Waals surface area contributed by atoms with Crippen LogP contribution in [0, 0.1) is 18.8 Å². The van der Waals surface area contributed by atoms with E-state index in [-0.39, 0.29) is 11.9 Å². The van der Waals surface area contributed by atoms with Crippen molar-refractivity contribution < 1.29 is 13.2 Å². The monoisotopic (exact) mass is 455 g/mol. The minimum Gasteiger partial charge on any atom is -0.337 e. The van der Waals surface area contributed by atoms with E-state index in [0.29, 0.717) is 34.3 Å². The second-order valence-electron chi connectivity index (χ2n) is 9.04. The Morgan fingerprint density at radius 3 is 2.33 bits per heavy atom. The highest BCUT2D eigenvalue weighted by Crippen LogP contribution is 2.42. The van der Waals surface area contributed by atoms with E-state index in [1.807, 2.05) is 4.90 Å². The molecule has 3 fully saturated rings. The van der Waals surface area contributed by atoms with E-state index >= 15 is 0 Å². The van der Waals surface area contributed by atoms with Crippen molar-refractivity contribution in [2.24, 2.45) is 11.8 Å². The van der Waals surface area contributed by atoms with Gasteiger partial charge < -0.3 is 4.90 Å². The first-order chi connectivity index (χ1) is 14.1. The number of carbonyl (C=O) groups excluding carboxylic acids is 1. The van der Waals surface area contributed by atoms with Crippen LogP contribution in [0.1, 0.15) is 41.7 Å². The number of amides is 1. The van der Waals surface area contributed by atoms with E-state index < -0.39 is 10.0 Å². The van der Waals surface area contributed by atoms with Crippen LogP contribution in [0.4, 0.5) is 0 Å². The summed E-state index contributed by atoms with van der Waals surface area (Å²) in [6, 6.07) is 0.625. The van der Waals surface area contributed by atoms with Gasteiger partial charge in [-0.3, -0.25) is 9.69 Å². The number of hydrogen-bond acceptors (Lipinski definition) is 6. The Morgan fingerprint density at radius 1 is 1.17 bits per heavy atom. The third-order valence-electron chi connectivity index (χ3n) is 7.28. The van der Waals surface area contributed by atoms with Gasteiger partial charge in [-0.2, -0.15) is 0 Å². The minimum absolute atomic E-state index is 0.0693. The van der Waals surface area contributed by atoms with Gasteiger partial charge in [0.05, 0.1) is 6.26 Å². The second-order valence-corrected chi connectivity index (χ2v) is 11.4. The molecule has 3 atom stereocenters. The van der Waals surface area contributed by atoms with Crippen LogP contribution in [0.3, 0.4) is 0 Å². The molecule has 3 aliphatic rings. The molecule has 1 aliphatic carbocycles. The van der Waals surface area contributed by atoms with Crippen LogP contribution in [0.15, 0.2) is 6.33 Å². The quantitative estimate of drug-likeness (QED) is 0.641. The molecule has 2 aliphatic heterocycles. The van der Waals surface area contributed by atoms with Crippen molar-refractivity contribution in [2.45, 2.75) is 44.7 Å². The van der Waals surface area contributed by atoms with Gasteiger partial charge in [-0.1, -0.05) is 11.6 Å².